The van der Waals surface area contributed by atoms with Gasteiger partial charge in [-0.15, -0.1) is 0 Å². The summed E-state index contributed by atoms with van der Waals surface area (Å²) in [4.78, 5) is 0. The lowest BCUT2D eigenvalue weighted by Crippen LogP contribution is -2.24. The summed E-state index contributed by atoms with van der Waals surface area (Å²) in [7, 11) is 0. The molecule has 0 fully saturated rings. The highest BCUT2D eigenvalue weighted by Crippen LogP contribution is 2.14. The van der Waals surface area contributed by atoms with Crippen molar-refractivity contribution in [2.75, 3.05) is 0 Å². The van der Waals surface area contributed by atoms with Crippen LogP contribution in [0.15, 0.2) is 23.3 Å². The molecule has 0 atom stereocenters. The van der Waals surface area contributed by atoms with Crippen LogP contribution >= 0.6 is 28.1 Å². The Hall–Kier alpha value is -1.01. The van der Waals surface area contributed by atoms with Gasteiger partial charge in [0.25, 0.3) is 0 Å². The second-order valence-electron chi connectivity index (χ2n) is 2.68. The fourth-order valence-corrected chi connectivity index (χ4v) is 1.54. The molecule has 0 unspecified atom stereocenters. The molecular weight excluding hydrogens is 281 g/mol. The van der Waals surface area contributed by atoms with Crippen LogP contribution in [0, 0.1) is 5.82 Å². The number of hydrazone groups is 1. The molecule has 0 heterocycles. The van der Waals surface area contributed by atoms with Crippen molar-refractivity contribution in [2.45, 2.75) is 5.33 Å². The Bertz CT molecular complexity index is 395. The second kappa shape index (κ2) is 5.77. The molecule has 0 saturated carbocycles. The summed E-state index contributed by atoms with van der Waals surface area (Å²) < 4.78 is 13.4. The van der Waals surface area contributed by atoms with Crippen LogP contribution in [-0.4, -0.2) is 11.3 Å². The number of nitrogens with two attached hydrogens (primary N) is 1. The number of hydrogen-bond acceptors (Lipinski definition) is 2. The summed E-state index contributed by atoms with van der Waals surface area (Å²) >= 11 is 7.82. The smallest absolute Gasteiger partial charge is 0.184 e. The summed E-state index contributed by atoms with van der Waals surface area (Å²) in [6.07, 6.45) is 1.35. The number of hydrogen-bond donors (Lipinski definition) is 2. The lowest BCUT2D eigenvalue weighted by molar-refractivity contribution is 0.624. The molecule has 0 aliphatic heterocycles. The second-order valence-corrected chi connectivity index (χ2v) is 3.68. The van der Waals surface area contributed by atoms with Crippen molar-refractivity contribution in [3.8, 4) is 0 Å². The number of nitrogens with one attached hydrogen (secondary N) is 1. The van der Waals surface area contributed by atoms with Gasteiger partial charge < -0.3 is 5.73 Å². The average Bonchev–Trinajstić information content (AvgIpc) is 2.20. The highest BCUT2D eigenvalue weighted by Gasteiger charge is 2.04. The molecular formula is C9H9BrFN3S. The maximum Gasteiger partial charge on any atom is 0.184 e. The summed E-state index contributed by atoms with van der Waals surface area (Å²) in [6.45, 7) is 0. The van der Waals surface area contributed by atoms with Crippen molar-refractivity contribution in [1.82, 2.24) is 5.43 Å². The summed E-state index contributed by atoms with van der Waals surface area (Å²) in [5.41, 5.74) is 8.76. The predicted octanol–water partition coefficient (Wildman–Crippen LogP) is 1.89. The van der Waals surface area contributed by atoms with Crippen LogP contribution < -0.4 is 11.2 Å². The zero-order valence-corrected chi connectivity index (χ0v) is 10.1. The molecule has 1 rings (SSSR count). The standard InChI is InChI=1S/C9H9BrFN3S/c10-4-6-2-1-3-8(11)7(6)5-13-14-9(12)15/h1-3,5H,4H2,(H3,12,14,15). The molecule has 0 radical (unpaired) electrons. The number of thiocarbonyl (C=S) groups is 1. The van der Waals surface area contributed by atoms with E-state index in [2.05, 4.69) is 38.7 Å². The molecule has 1 aromatic rings. The van der Waals surface area contributed by atoms with Gasteiger partial charge in [-0.25, -0.2) is 4.39 Å². The van der Waals surface area contributed by atoms with Gasteiger partial charge in [0, 0.05) is 10.9 Å². The van der Waals surface area contributed by atoms with Crippen molar-refractivity contribution in [3.05, 3.63) is 35.1 Å². The maximum absolute atomic E-state index is 13.4. The van der Waals surface area contributed by atoms with E-state index in [1.54, 1.807) is 12.1 Å². The van der Waals surface area contributed by atoms with E-state index in [0.29, 0.717) is 10.9 Å². The topological polar surface area (TPSA) is 50.4 Å². The van der Waals surface area contributed by atoms with Crippen LogP contribution in [0.3, 0.4) is 0 Å². The minimum atomic E-state index is -0.333. The summed E-state index contributed by atoms with van der Waals surface area (Å²) in [6, 6.07) is 4.82. The maximum atomic E-state index is 13.4. The molecule has 0 saturated heterocycles. The van der Waals surface area contributed by atoms with Crippen LogP contribution in [0.1, 0.15) is 11.1 Å². The molecule has 0 bridgehead atoms. The largest absolute Gasteiger partial charge is 0.375 e. The Morgan fingerprint density at radius 3 is 3.00 bits per heavy atom. The molecule has 0 aliphatic rings. The van der Waals surface area contributed by atoms with Gasteiger partial charge in [0.15, 0.2) is 5.11 Å². The minimum Gasteiger partial charge on any atom is -0.375 e. The van der Waals surface area contributed by atoms with Crippen LogP contribution in [0.5, 0.6) is 0 Å². The number of benzene rings is 1. The normalized spacial score (nSPS) is 10.5. The first-order valence-electron chi connectivity index (χ1n) is 4.07. The Morgan fingerprint density at radius 2 is 2.40 bits per heavy atom. The van der Waals surface area contributed by atoms with Crippen molar-refractivity contribution >= 4 is 39.5 Å². The van der Waals surface area contributed by atoms with Gasteiger partial charge in [0.2, 0.25) is 0 Å². The molecule has 0 aliphatic carbocycles. The molecule has 0 aromatic heterocycles. The van der Waals surface area contributed by atoms with Crippen molar-refractivity contribution in [2.24, 2.45) is 10.8 Å². The summed E-state index contributed by atoms with van der Waals surface area (Å²) in [5, 5.41) is 4.31. The molecule has 6 heteroatoms. The van der Waals surface area contributed by atoms with Crippen molar-refractivity contribution in [1.29, 1.82) is 0 Å². The van der Waals surface area contributed by atoms with E-state index in [1.807, 2.05) is 0 Å². The average molecular weight is 290 g/mol. The van der Waals surface area contributed by atoms with E-state index in [-0.39, 0.29) is 10.9 Å². The molecule has 3 N–H and O–H groups in total. The fraction of sp³-hybridized carbons (Fsp3) is 0.111. The molecule has 1 aromatic carbocycles. The predicted molar refractivity (Wildman–Crippen MR) is 66.5 cm³/mol. The van der Waals surface area contributed by atoms with Gasteiger partial charge in [0.05, 0.1) is 6.21 Å². The Labute approximate surface area is 101 Å². The summed E-state index contributed by atoms with van der Waals surface area (Å²) in [5.74, 6) is -0.333. The van der Waals surface area contributed by atoms with E-state index >= 15 is 0 Å². The Balaban J connectivity index is 2.92. The third-order valence-corrected chi connectivity index (χ3v) is 2.35. The SMILES string of the molecule is NC(=S)NN=Cc1c(F)cccc1CBr. The fourth-order valence-electron chi connectivity index (χ4n) is 1.00. The van der Waals surface area contributed by atoms with E-state index < -0.39 is 0 Å². The van der Waals surface area contributed by atoms with Gasteiger partial charge in [-0.1, -0.05) is 28.1 Å². The minimum absolute atomic E-state index is 0.0444. The van der Waals surface area contributed by atoms with Crippen molar-refractivity contribution in [3.63, 3.8) is 0 Å². The van der Waals surface area contributed by atoms with E-state index in [9.17, 15) is 4.39 Å². The Kier molecular flexibility index (Phi) is 4.64. The van der Waals surface area contributed by atoms with Gasteiger partial charge >= 0.3 is 0 Å². The first-order chi connectivity index (χ1) is 7.15. The lowest BCUT2D eigenvalue weighted by atomic mass is 10.1. The lowest BCUT2D eigenvalue weighted by Gasteiger charge is -2.02. The highest BCUT2D eigenvalue weighted by molar-refractivity contribution is 9.08. The van der Waals surface area contributed by atoms with E-state index in [1.165, 1.54) is 12.3 Å². The van der Waals surface area contributed by atoms with Crippen LogP contribution in [-0.2, 0) is 5.33 Å². The molecule has 0 spiro atoms. The van der Waals surface area contributed by atoms with Crippen LogP contribution in [0.2, 0.25) is 0 Å². The number of nitrogens with zero attached hydrogens (tertiary/aromatic N) is 1. The Morgan fingerprint density at radius 1 is 1.67 bits per heavy atom. The monoisotopic (exact) mass is 289 g/mol. The molecule has 0 amide bonds. The van der Waals surface area contributed by atoms with E-state index in [0.717, 1.165) is 5.56 Å². The number of halogens is 2. The number of rotatable bonds is 3. The van der Waals surface area contributed by atoms with Crippen LogP contribution in [0.4, 0.5) is 4.39 Å². The molecule has 3 nitrogen and oxygen atoms in total. The molecule has 15 heavy (non-hydrogen) atoms. The van der Waals surface area contributed by atoms with Gasteiger partial charge in [0.1, 0.15) is 5.82 Å². The third kappa shape index (κ3) is 3.56. The molecule has 80 valence electrons. The highest BCUT2D eigenvalue weighted by atomic mass is 79.9. The van der Waals surface area contributed by atoms with Crippen molar-refractivity contribution < 1.29 is 4.39 Å². The number of alkyl halides is 1. The zero-order chi connectivity index (χ0) is 11.3. The first kappa shape index (κ1) is 12.1. The first-order valence-corrected chi connectivity index (χ1v) is 5.60. The third-order valence-electron chi connectivity index (χ3n) is 1.66. The van der Waals surface area contributed by atoms with Gasteiger partial charge in [-0.2, -0.15) is 5.10 Å². The quantitative estimate of drug-likeness (QED) is 0.387. The van der Waals surface area contributed by atoms with Crippen LogP contribution in [0.25, 0.3) is 0 Å². The van der Waals surface area contributed by atoms with E-state index in [4.69, 9.17) is 5.73 Å². The van der Waals surface area contributed by atoms with Gasteiger partial charge in [-0.3, -0.25) is 5.43 Å². The van der Waals surface area contributed by atoms with Gasteiger partial charge in [-0.05, 0) is 23.8 Å². The zero-order valence-electron chi connectivity index (χ0n) is 7.71.